The van der Waals surface area contributed by atoms with Crippen LogP contribution in [0.2, 0.25) is 5.15 Å². The highest BCUT2D eigenvalue weighted by molar-refractivity contribution is 7.89. The van der Waals surface area contributed by atoms with Crippen LogP contribution in [0.15, 0.2) is 24.4 Å². The average molecular weight is 382 g/mol. The minimum atomic E-state index is -3.19. The van der Waals surface area contributed by atoms with Crippen LogP contribution >= 0.6 is 11.6 Å². The standard InChI is InChI=1S/C18H24ClN3O2S/c1-5-25(23,24)21-16-10-22(12(16)4)17-7-6-13(11(2)3)14-8-18(19)20-9-15(14)17/h6-9,11-12,16,21H,5,10H2,1-4H3/t12-,16+/m1/s1. The number of fused-ring (bicyclic) bond motifs is 1. The molecule has 0 amide bonds. The molecule has 7 heteroatoms. The zero-order valence-electron chi connectivity index (χ0n) is 15.0. The van der Waals surface area contributed by atoms with Crippen molar-refractivity contribution in [1.82, 2.24) is 9.71 Å². The van der Waals surface area contributed by atoms with E-state index in [1.54, 1.807) is 6.92 Å². The molecule has 1 aliphatic rings. The topological polar surface area (TPSA) is 62.3 Å². The number of nitrogens with one attached hydrogen (secondary N) is 1. The molecule has 0 unspecified atom stereocenters. The highest BCUT2D eigenvalue weighted by Crippen LogP contribution is 2.37. The first-order valence-corrected chi connectivity index (χ1v) is 10.6. The van der Waals surface area contributed by atoms with Gasteiger partial charge < -0.3 is 4.90 Å². The smallest absolute Gasteiger partial charge is 0.211 e. The molecule has 1 aromatic heterocycles. The fourth-order valence-corrected chi connectivity index (χ4v) is 4.41. The number of nitrogens with zero attached hydrogens (tertiary/aromatic N) is 2. The lowest BCUT2D eigenvalue weighted by Crippen LogP contribution is -2.65. The Morgan fingerprint density at radius 1 is 1.36 bits per heavy atom. The van der Waals surface area contributed by atoms with Crippen molar-refractivity contribution in [3.05, 3.63) is 35.1 Å². The second-order valence-corrected chi connectivity index (χ2v) is 9.33. The molecule has 0 aliphatic carbocycles. The molecule has 25 heavy (non-hydrogen) atoms. The van der Waals surface area contributed by atoms with Crippen LogP contribution in [0.1, 0.15) is 39.2 Å². The van der Waals surface area contributed by atoms with Crippen LogP contribution in [0, 0.1) is 0 Å². The van der Waals surface area contributed by atoms with E-state index in [0.29, 0.717) is 17.6 Å². The van der Waals surface area contributed by atoms with Crippen LogP contribution in [0.25, 0.3) is 10.8 Å². The summed E-state index contributed by atoms with van der Waals surface area (Å²) in [6.45, 7) is 8.66. The first-order valence-electron chi connectivity index (χ1n) is 8.58. The number of hydrogen-bond donors (Lipinski definition) is 1. The third-order valence-corrected chi connectivity index (χ3v) is 6.62. The molecule has 0 spiro atoms. The quantitative estimate of drug-likeness (QED) is 0.805. The van der Waals surface area contributed by atoms with Gasteiger partial charge in [-0.15, -0.1) is 0 Å². The van der Waals surface area contributed by atoms with E-state index in [4.69, 9.17) is 11.6 Å². The lowest BCUT2D eigenvalue weighted by Gasteiger charge is -2.48. The molecular formula is C18H24ClN3O2S. The average Bonchev–Trinajstić information content (AvgIpc) is 2.57. The van der Waals surface area contributed by atoms with Gasteiger partial charge in [0.05, 0.1) is 11.8 Å². The first-order chi connectivity index (χ1) is 11.7. The Bertz CT molecular complexity index is 899. The van der Waals surface area contributed by atoms with E-state index in [-0.39, 0.29) is 17.8 Å². The molecule has 2 atom stereocenters. The van der Waals surface area contributed by atoms with E-state index in [2.05, 4.69) is 40.6 Å². The minimum absolute atomic E-state index is 0.0648. The first kappa shape index (κ1) is 18.4. The van der Waals surface area contributed by atoms with E-state index in [9.17, 15) is 8.42 Å². The summed E-state index contributed by atoms with van der Waals surface area (Å²) in [6.07, 6.45) is 1.81. The fraction of sp³-hybridized carbons (Fsp3) is 0.500. The van der Waals surface area contributed by atoms with Crippen LogP contribution in [0.4, 0.5) is 5.69 Å². The summed E-state index contributed by atoms with van der Waals surface area (Å²) in [5.41, 5.74) is 2.31. The Kier molecular flexibility index (Phi) is 4.97. The van der Waals surface area contributed by atoms with Gasteiger partial charge in [-0.05, 0) is 42.8 Å². The highest BCUT2D eigenvalue weighted by Gasteiger charge is 2.38. The lowest BCUT2D eigenvalue weighted by atomic mass is 9.92. The summed E-state index contributed by atoms with van der Waals surface area (Å²) in [5, 5.41) is 2.65. The van der Waals surface area contributed by atoms with Gasteiger partial charge in [0.15, 0.2) is 0 Å². The van der Waals surface area contributed by atoms with Crippen LogP contribution in [-0.4, -0.2) is 37.8 Å². The second-order valence-electron chi connectivity index (χ2n) is 6.90. The molecular weight excluding hydrogens is 358 g/mol. The zero-order chi connectivity index (χ0) is 18.4. The van der Waals surface area contributed by atoms with Crippen molar-refractivity contribution < 1.29 is 8.42 Å². The molecule has 1 fully saturated rings. The minimum Gasteiger partial charge on any atom is -0.365 e. The SMILES string of the molecule is CCS(=O)(=O)N[C@H]1CN(c2ccc(C(C)C)c3cc(Cl)ncc23)[C@@H]1C. The molecule has 136 valence electrons. The van der Waals surface area contributed by atoms with Crippen molar-refractivity contribution in [2.75, 3.05) is 17.2 Å². The highest BCUT2D eigenvalue weighted by atomic mass is 35.5. The Labute approximate surface area is 154 Å². The Morgan fingerprint density at radius 2 is 2.08 bits per heavy atom. The van der Waals surface area contributed by atoms with E-state index >= 15 is 0 Å². The Hall–Kier alpha value is -1.37. The number of rotatable bonds is 5. The molecule has 1 aromatic carbocycles. The number of sulfonamides is 1. The van der Waals surface area contributed by atoms with Crippen molar-refractivity contribution in [3.8, 4) is 0 Å². The summed E-state index contributed by atoms with van der Waals surface area (Å²) >= 11 is 6.11. The van der Waals surface area contributed by atoms with Gasteiger partial charge in [-0.3, -0.25) is 0 Å². The largest absolute Gasteiger partial charge is 0.365 e. The molecule has 0 radical (unpaired) electrons. The van der Waals surface area contributed by atoms with Gasteiger partial charge >= 0.3 is 0 Å². The maximum atomic E-state index is 11.8. The summed E-state index contributed by atoms with van der Waals surface area (Å²) < 4.78 is 26.4. The van der Waals surface area contributed by atoms with Gasteiger partial charge in [0.1, 0.15) is 5.15 Å². The molecule has 5 nitrogen and oxygen atoms in total. The zero-order valence-corrected chi connectivity index (χ0v) is 16.5. The Morgan fingerprint density at radius 3 is 2.68 bits per heavy atom. The molecule has 0 bridgehead atoms. The van der Waals surface area contributed by atoms with E-state index in [1.165, 1.54) is 5.56 Å². The van der Waals surface area contributed by atoms with E-state index in [1.807, 2.05) is 19.2 Å². The molecule has 0 saturated carbocycles. The van der Waals surface area contributed by atoms with E-state index in [0.717, 1.165) is 16.5 Å². The summed E-state index contributed by atoms with van der Waals surface area (Å²) in [4.78, 5) is 6.47. The number of halogens is 1. The molecule has 3 rings (SSSR count). The summed E-state index contributed by atoms with van der Waals surface area (Å²) in [6, 6.07) is 6.18. The van der Waals surface area contributed by atoms with Crippen LogP contribution in [0.5, 0.6) is 0 Å². The summed E-state index contributed by atoms with van der Waals surface area (Å²) in [7, 11) is -3.19. The van der Waals surface area contributed by atoms with Gasteiger partial charge in [0.25, 0.3) is 0 Å². The number of aromatic nitrogens is 1. The predicted molar refractivity (Wildman–Crippen MR) is 104 cm³/mol. The van der Waals surface area contributed by atoms with Gasteiger partial charge in [0.2, 0.25) is 10.0 Å². The third kappa shape index (κ3) is 3.48. The van der Waals surface area contributed by atoms with Gasteiger partial charge in [-0.1, -0.05) is 31.5 Å². The fourth-order valence-electron chi connectivity index (χ4n) is 3.35. The van der Waals surface area contributed by atoms with Crippen LogP contribution in [0.3, 0.4) is 0 Å². The maximum absolute atomic E-state index is 11.8. The van der Waals surface area contributed by atoms with Gasteiger partial charge in [-0.25, -0.2) is 18.1 Å². The second kappa shape index (κ2) is 6.74. The summed E-state index contributed by atoms with van der Waals surface area (Å²) in [5.74, 6) is 0.484. The Balaban J connectivity index is 1.95. The molecule has 1 N–H and O–H groups in total. The molecule has 2 aromatic rings. The van der Waals surface area contributed by atoms with Crippen LogP contribution < -0.4 is 9.62 Å². The van der Waals surface area contributed by atoms with Crippen molar-refractivity contribution in [2.24, 2.45) is 0 Å². The molecule has 1 aliphatic heterocycles. The number of hydrogen-bond acceptors (Lipinski definition) is 4. The van der Waals surface area contributed by atoms with Crippen molar-refractivity contribution in [2.45, 2.75) is 45.7 Å². The molecule has 1 saturated heterocycles. The maximum Gasteiger partial charge on any atom is 0.211 e. The van der Waals surface area contributed by atoms with Crippen molar-refractivity contribution in [1.29, 1.82) is 0 Å². The van der Waals surface area contributed by atoms with E-state index < -0.39 is 10.0 Å². The molecule has 2 heterocycles. The van der Waals surface area contributed by atoms with Gasteiger partial charge in [0, 0.05) is 29.9 Å². The van der Waals surface area contributed by atoms with Crippen molar-refractivity contribution >= 4 is 38.1 Å². The number of benzene rings is 1. The predicted octanol–water partition coefficient (Wildman–Crippen LogP) is 3.53. The number of pyridine rings is 1. The third-order valence-electron chi connectivity index (χ3n) is 4.99. The van der Waals surface area contributed by atoms with Crippen molar-refractivity contribution in [3.63, 3.8) is 0 Å². The normalized spacial score (nSPS) is 21.0. The monoisotopic (exact) mass is 381 g/mol. The van der Waals surface area contributed by atoms with Crippen LogP contribution in [-0.2, 0) is 10.0 Å². The van der Waals surface area contributed by atoms with Gasteiger partial charge in [-0.2, -0.15) is 0 Å². The number of anilines is 1. The lowest BCUT2D eigenvalue weighted by molar-refractivity contribution is 0.376.